The van der Waals surface area contributed by atoms with E-state index in [1.165, 1.54) is 85.1 Å². The molecule has 3 aromatic carbocycles. The van der Waals surface area contributed by atoms with Gasteiger partial charge in [0.1, 0.15) is 11.6 Å². The zero-order valence-corrected chi connectivity index (χ0v) is 22.4. The van der Waals surface area contributed by atoms with Gasteiger partial charge in [0.05, 0.1) is 15.5 Å². The van der Waals surface area contributed by atoms with Crippen LogP contribution in [0.1, 0.15) is 24.2 Å². The quantitative estimate of drug-likeness (QED) is 0.407. The second kappa shape index (κ2) is 11.4. The number of amides is 1. The lowest BCUT2D eigenvalue weighted by atomic mass is 10.2. The molecule has 0 aliphatic rings. The summed E-state index contributed by atoms with van der Waals surface area (Å²) in [7, 11) is -4.72. The number of benzene rings is 3. The highest BCUT2D eigenvalue weighted by molar-refractivity contribution is 7.89. The summed E-state index contributed by atoms with van der Waals surface area (Å²) in [5.74, 6) is -0.670. The van der Waals surface area contributed by atoms with E-state index >= 15 is 0 Å². The molecule has 0 atom stereocenters. The minimum absolute atomic E-state index is 0.0155. The highest BCUT2D eigenvalue weighted by atomic mass is 32.2. The number of carbonyl (C=O) groups is 1. The maximum atomic E-state index is 13.3. The summed E-state index contributed by atoms with van der Waals surface area (Å²) < 4.78 is 72.2. The topological polar surface area (TPSA) is 113 Å². The van der Waals surface area contributed by atoms with Crippen LogP contribution in [0, 0.1) is 5.82 Å². The summed E-state index contributed by atoms with van der Waals surface area (Å²) in [6, 6.07) is 14.6. The Kier molecular flexibility index (Phi) is 8.69. The standard InChI is InChI=1S/C25H28FN3O6S2/c1-5-29(6-2)37(33,34)22-15-16-24(35-20-11-9-19(26)10-12-20)23(17-22)27-25(30)18-7-13-21(14-8-18)36(31,32)28(3)4/h7-17H,5-6H2,1-4H3,(H,27,30). The number of hydrogen-bond donors (Lipinski definition) is 1. The minimum Gasteiger partial charge on any atom is -0.455 e. The van der Waals surface area contributed by atoms with Gasteiger partial charge < -0.3 is 10.1 Å². The first kappa shape index (κ1) is 28.3. The van der Waals surface area contributed by atoms with Gasteiger partial charge in [-0.1, -0.05) is 13.8 Å². The average molecular weight is 550 g/mol. The van der Waals surface area contributed by atoms with Crippen LogP contribution in [0.2, 0.25) is 0 Å². The van der Waals surface area contributed by atoms with Crippen molar-refractivity contribution in [2.24, 2.45) is 0 Å². The molecule has 3 rings (SSSR count). The molecule has 12 heteroatoms. The van der Waals surface area contributed by atoms with E-state index in [9.17, 15) is 26.0 Å². The molecule has 0 aliphatic carbocycles. The summed E-state index contributed by atoms with van der Waals surface area (Å²) in [5, 5.41) is 2.65. The van der Waals surface area contributed by atoms with Crippen molar-refractivity contribution in [1.29, 1.82) is 0 Å². The molecule has 198 valence electrons. The van der Waals surface area contributed by atoms with Crippen molar-refractivity contribution >= 4 is 31.6 Å². The van der Waals surface area contributed by atoms with Crippen molar-refractivity contribution in [3.63, 3.8) is 0 Å². The zero-order valence-electron chi connectivity index (χ0n) is 20.8. The second-order valence-corrected chi connectivity index (χ2v) is 12.2. The van der Waals surface area contributed by atoms with Gasteiger partial charge in [-0.25, -0.2) is 25.5 Å². The molecule has 0 spiro atoms. The lowest BCUT2D eigenvalue weighted by molar-refractivity contribution is 0.102. The lowest BCUT2D eigenvalue weighted by Gasteiger charge is -2.20. The third-order valence-corrected chi connectivity index (χ3v) is 9.35. The molecule has 0 saturated heterocycles. The van der Waals surface area contributed by atoms with Crippen LogP contribution in [-0.4, -0.2) is 58.5 Å². The lowest BCUT2D eigenvalue weighted by Crippen LogP contribution is -2.30. The fourth-order valence-electron chi connectivity index (χ4n) is 3.38. The molecule has 3 aromatic rings. The highest BCUT2D eigenvalue weighted by Gasteiger charge is 2.24. The molecule has 0 aromatic heterocycles. The van der Waals surface area contributed by atoms with Crippen LogP contribution < -0.4 is 10.1 Å². The molecule has 9 nitrogen and oxygen atoms in total. The predicted octanol–water partition coefficient (Wildman–Crippen LogP) is 4.15. The summed E-state index contributed by atoms with van der Waals surface area (Å²) in [6.07, 6.45) is 0. The summed E-state index contributed by atoms with van der Waals surface area (Å²) in [6.45, 7) is 3.96. The maximum absolute atomic E-state index is 13.3. The summed E-state index contributed by atoms with van der Waals surface area (Å²) in [5.41, 5.74) is 0.204. The molecule has 0 heterocycles. The molecule has 0 radical (unpaired) electrons. The third-order valence-electron chi connectivity index (χ3n) is 5.48. The van der Waals surface area contributed by atoms with Crippen molar-refractivity contribution in [3.05, 3.63) is 78.1 Å². The molecule has 1 N–H and O–H groups in total. The fourth-order valence-corrected chi connectivity index (χ4v) is 5.77. The Labute approximate surface area is 216 Å². The van der Waals surface area contributed by atoms with Crippen molar-refractivity contribution < 1.29 is 30.8 Å². The number of ether oxygens (including phenoxy) is 1. The average Bonchev–Trinajstić information content (AvgIpc) is 2.86. The molecule has 0 bridgehead atoms. The van der Waals surface area contributed by atoms with Crippen molar-refractivity contribution in [1.82, 2.24) is 8.61 Å². The zero-order chi connectivity index (χ0) is 27.4. The Morgan fingerprint density at radius 2 is 1.41 bits per heavy atom. The van der Waals surface area contributed by atoms with Gasteiger partial charge in [-0.15, -0.1) is 0 Å². The Balaban J connectivity index is 1.99. The summed E-state index contributed by atoms with van der Waals surface area (Å²) in [4.78, 5) is 13.0. The van der Waals surface area contributed by atoms with Gasteiger partial charge in [0.15, 0.2) is 5.75 Å². The van der Waals surface area contributed by atoms with Crippen molar-refractivity contribution in [2.45, 2.75) is 23.6 Å². The van der Waals surface area contributed by atoms with Gasteiger partial charge in [0.2, 0.25) is 20.0 Å². The van der Waals surface area contributed by atoms with Crippen LogP contribution in [0.3, 0.4) is 0 Å². The van der Waals surface area contributed by atoms with Crippen LogP contribution in [-0.2, 0) is 20.0 Å². The van der Waals surface area contributed by atoms with E-state index < -0.39 is 31.8 Å². The Morgan fingerprint density at radius 1 is 0.838 bits per heavy atom. The number of nitrogens with zero attached hydrogens (tertiary/aromatic N) is 2. The molecular weight excluding hydrogens is 521 g/mol. The highest BCUT2D eigenvalue weighted by Crippen LogP contribution is 2.33. The van der Waals surface area contributed by atoms with Crippen LogP contribution in [0.15, 0.2) is 76.5 Å². The van der Waals surface area contributed by atoms with E-state index in [1.807, 2.05) is 0 Å². The normalized spacial score (nSPS) is 12.1. The maximum Gasteiger partial charge on any atom is 0.255 e. The van der Waals surface area contributed by atoms with Crippen LogP contribution in [0.4, 0.5) is 10.1 Å². The Bertz CT molecular complexity index is 1470. The van der Waals surface area contributed by atoms with Crippen LogP contribution in [0.5, 0.6) is 11.5 Å². The van der Waals surface area contributed by atoms with E-state index in [-0.39, 0.29) is 45.6 Å². The number of halogens is 1. The number of nitrogens with one attached hydrogen (secondary N) is 1. The molecule has 0 aliphatic heterocycles. The van der Waals surface area contributed by atoms with Crippen molar-refractivity contribution in [3.8, 4) is 11.5 Å². The number of hydrogen-bond acceptors (Lipinski definition) is 6. The van der Waals surface area contributed by atoms with E-state index in [0.717, 1.165) is 4.31 Å². The van der Waals surface area contributed by atoms with E-state index in [1.54, 1.807) is 13.8 Å². The Morgan fingerprint density at radius 3 is 1.95 bits per heavy atom. The SMILES string of the molecule is CCN(CC)S(=O)(=O)c1ccc(Oc2ccc(F)cc2)c(NC(=O)c2ccc(S(=O)(=O)N(C)C)cc2)c1. The number of carbonyl (C=O) groups excluding carboxylic acids is 1. The first-order valence-corrected chi connectivity index (χ1v) is 14.2. The number of rotatable bonds is 10. The van der Waals surface area contributed by atoms with Crippen LogP contribution >= 0.6 is 0 Å². The fraction of sp³-hybridized carbons (Fsp3) is 0.240. The molecular formula is C25H28FN3O6S2. The molecule has 37 heavy (non-hydrogen) atoms. The minimum atomic E-state index is -3.84. The predicted molar refractivity (Wildman–Crippen MR) is 138 cm³/mol. The van der Waals surface area contributed by atoms with Gasteiger partial charge in [-0.3, -0.25) is 4.79 Å². The first-order chi connectivity index (χ1) is 17.4. The van der Waals surface area contributed by atoms with Gasteiger partial charge >= 0.3 is 0 Å². The van der Waals surface area contributed by atoms with E-state index in [0.29, 0.717) is 0 Å². The van der Waals surface area contributed by atoms with Gasteiger partial charge in [0.25, 0.3) is 5.91 Å². The molecule has 0 unspecified atom stereocenters. The number of sulfonamides is 2. The Hall–Kier alpha value is -3.32. The molecule has 0 fully saturated rings. The molecule has 0 saturated carbocycles. The van der Waals surface area contributed by atoms with E-state index in [2.05, 4.69) is 5.32 Å². The monoisotopic (exact) mass is 549 g/mol. The largest absolute Gasteiger partial charge is 0.455 e. The first-order valence-electron chi connectivity index (χ1n) is 11.3. The third kappa shape index (κ3) is 6.34. The van der Waals surface area contributed by atoms with Gasteiger partial charge in [0, 0.05) is 32.7 Å². The molecule has 1 amide bonds. The van der Waals surface area contributed by atoms with E-state index in [4.69, 9.17) is 4.74 Å². The second-order valence-electron chi connectivity index (χ2n) is 8.07. The summed E-state index contributed by atoms with van der Waals surface area (Å²) >= 11 is 0. The van der Waals surface area contributed by atoms with Gasteiger partial charge in [-0.05, 0) is 66.7 Å². The van der Waals surface area contributed by atoms with Crippen molar-refractivity contribution in [2.75, 3.05) is 32.5 Å². The van der Waals surface area contributed by atoms with Crippen LogP contribution in [0.25, 0.3) is 0 Å². The smallest absolute Gasteiger partial charge is 0.255 e. The number of anilines is 1. The van der Waals surface area contributed by atoms with Gasteiger partial charge in [-0.2, -0.15) is 4.31 Å².